The predicted molar refractivity (Wildman–Crippen MR) is 90.2 cm³/mol. The van der Waals surface area contributed by atoms with Gasteiger partial charge in [0.1, 0.15) is 5.56 Å². The number of aromatic nitrogens is 2. The zero-order chi connectivity index (χ0) is 16.1. The number of aryl methyl sites for hydroxylation is 1. The Hall–Kier alpha value is -1.62. The molecular formula is C17H21BrN2O2. The van der Waals surface area contributed by atoms with Gasteiger partial charge in [0.2, 0.25) is 0 Å². The van der Waals surface area contributed by atoms with Gasteiger partial charge in [0.25, 0.3) is 0 Å². The van der Waals surface area contributed by atoms with Crippen molar-refractivity contribution in [2.75, 3.05) is 7.11 Å². The van der Waals surface area contributed by atoms with E-state index < -0.39 is 0 Å². The molecule has 0 atom stereocenters. The van der Waals surface area contributed by atoms with Crippen molar-refractivity contribution in [3.8, 4) is 0 Å². The average molecular weight is 365 g/mol. The van der Waals surface area contributed by atoms with Gasteiger partial charge >= 0.3 is 5.97 Å². The maximum Gasteiger partial charge on any atom is 0.341 e. The Labute approximate surface area is 139 Å². The van der Waals surface area contributed by atoms with Gasteiger partial charge in [-0.1, -0.05) is 41.9 Å². The molecule has 0 saturated heterocycles. The molecule has 2 rings (SSSR count). The number of benzene rings is 1. The minimum absolute atomic E-state index is 0.300. The number of carbonyl (C=O) groups excluding carboxylic acids is 1. The summed E-state index contributed by atoms with van der Waals surface area (Å²) in [5.74, 6) is -0.300. The molecule has 4 nitrogen and oxygen atoms in total. The van der Waals surface area contributed by atoms with Gasteiger partial charge in [0.15, 0.2) is 0 Å². The van der Waals surface area contributed by atoms with Crippen molar-refractivity contribution >= 4 is 21.9 Å². The predicted octanol–water partition coefficient (Wildman–Crippen LogP) is 4.00. The van der Waals surface area contributed by atoms with Crippen LogP contribution in [0.25, 0.3) is 0 Å². The summed E-state index contributed by atoms with van der Waals surface area (Å²) in [6.45, 7) is 4.96. The van der Waals surface area contributed by atoms with Gasteiger partial charge in [0.05, 0.1) is 18.5 Å². The van der Waals surface area contributed by atoms with Crippen molar-refractivity contribution in [3.63, 3.8) is 0 Å². The molecule has 0 spiro atoms. The van der Waals surface area contributed by atoms with Crippen LogP contribution >= 0.6 is 15.9 Å². The molecule has 0 amide bonds. The first-order valence-corrected chi connectivity index (χ1v) is 8.31. The average Bonchev–Trinajstić information content (AvgIpc) is 2.86. The molecule has 1 heterocycles. The highest BCUT2D eigenvalue weighted by Gasteiger charge is 2.23. The standard InChI is InChI=1S/C17H21BrN2O2/c1-4-10-20-15(5-2)16(17(21)22-3)14(19-20)11-12-6-8-13(18)9-7-12/h6-9H,4-5,10-11H2,1-3H3. The van der Waals surface area contributed by atoms with E-state index >= 15 is 0 Å². The van der Waals surface area contributed by atoms with E-state index in [-0.39, 0.29) is 5.97 Å². The molecule has 22 heavy (non-hydrogen) atoms. The Morgan fingerprint density at radius 2 is 1.95 bits per heavy atom. The van der Waals surface area contributed by atoms with Crippen molar-refractivity contribution in [3.05, 3.63) is 51.3 Å². The summed E-state index contributed by atoms with van der Waals surface area (Å²) in [6.07, 6.45) is 2.37. The Kier molecular flexibility index (Phi) is 5.77. The van der Waals surface area contributed by atoms with E-state index in [0.717, 1.165) is 40.8 Å². The summed E-state index contributed by atoms with van der Waals surface area (Å²) in [4.78, 5) is 12.2. The summed E-state index contributed by atoms with van der Waals surface area (Å²) in [5, 5.41) is 4.66. The van der Waals surface area contributed by atoms with Crippen LogP contribution in [0.4, 0.5) is 0 Å². The van der Waals surface area contributed by atoms with Crippen LogP contribution in [0.15, 0.2) is 28.7 Å². The maximum absolute atomic E-state index is 12.2. The van der Waals surface area contributed by atoms with Gasteiger partial charge in [-0.05, 0) is 30.5 Å². The van der Waals surface area contributed by atoms with Crippen molar-refractivity contribution in [1.29, 1.82) is 0 Å². The third-order valence-corrected chi connectivity index (χ3v) is 4.10. The van der Waals surface area contributed by atoms with Gasteiger partial charge < -0.3 is 4.74 Å². The zero-order valence-corrected chi connectivity index (χ0v) is 14.8. The quantitative estimate of drug-likeness (QED) is 0.727. The number of methoxy groups -OCH3 is 1. The lowest BCUT2D eigenvalue weighted by Crippen LogP contribution is -2.09. The van der Waals surface area contributed by atoms with E-state index in [1.807, 2.05) is 35.9 Å². The van der Waals surface area contributed by atoms with Gasteiger partial charge in [-0.25, -0.2) is 4.79 Å². The van der Waals surface area contributed by atoms with Crippen LogP contribution in [0, 0.1) is 0 Å². The normalized spacial score (nSPS) is 10.7. The second-order valence-corrected chi connectivity index (χ2v) is 6.06. The number of carbonyl (C=O) groups is 1. The Bertz CT molecular complexity index is 647. The first-order chi connectivity index (χ1) is 10.6. The van der Waals surface area contributed by atoms with E-state index in [4.69, 9.17) is 4.74 Å². The minimum atomic E-state index is -0.300. The van der Waals surface area contributed by atoms with Crippen LogP contribution in [-0.4, -0.2) is 22.9 Å². The van der Waals surface area contributed by atoms with Crippen LogP contribution in [0.2, 0.25) is 0 Å². The van der Waals surface area contributed by atoms with Gasteiger partial charge in [-0.15, -0.1) is 0 Å². The van der Waals surface area contributed by atoms with Crippen molar-refractivity contribution in [1.82, 2.24) is 9.78 Å². The lowest BCUT2D eigenvalue weighted by Gasteiger charge is -2.05. The van der Waals surface area contributed by atoms with Crippen LogP contribution < -0.4 is 0 Å². The lowest BCUT2D eigenvalue weighted by molar-refractivity contribution is 0.0598. The zero-order valence-electron chi connectivity index (χ0n) is 13.2. The van der Waals surface area contributed by atoms with Crippen LogP contribution in [-0.2, 0) is 24.1 Å². The first kappa shape index (κ1) is 16.7. The molecule has 5 heteroatoms. The fraction of sp³-hybridized carbons (Fsp3) is 0.412. The minimum Gasteiger partial charge on any atom is -0.465 e. The molecule has 0 aliphatic rings. The largest absolute Gasteiger partial charge is 0.465 e. The highest BCUT2D eigenvalue weighted by atomic mass is 79.9. The summed E-state index contributed by atoms with van der Waals surface area (Å²) in [5.41, 5.74) is 3.50. The summed E-state index contributed by atoms with van der Waals surface area (Å²) in [6, 6.07) is 8.07. The number of rotatable bonds is 6. The van der Waals surface area contributed by atoms with E-state index in [1.54, 1.807) is 0 Å². The number of ether oxygens (including phenoxy) is 1. The Morgan fingerprint density at radius 3 is 2.50 bits per heavy atom. The van der Waals surface area contributed by atoms with Crippen LogP contribution in [0.1, 0.15) is 47.6 Å². The van der Waals surface area contributed by atoms with Crippen LogP contribution in [0.5, 0.6) is 0 Å². The molecule has 118 valence electrons. The molecule has 2 aromatic rings. The van der Waals surface area contributed by atoms with Crippen LogP contribution in [0.3, 0.4) is 0 Å². The molecule has 0 N–H and O–H groups in total. The van der Waals surface area contributed by atoms with Crippen molar-refractivity contribution < 1.29 is 9.53 Å². The summed E-state index contributed by atoms with van der Waals surface area (Å²) >= 11 is 3.43. The smallest absolute Gasteiger partial charge is 0.341 e. The number of nitrogens with zero attached hydrogens (tertiary/aromatic N) is 2. The van der Waals surface area contributed by atoms with Gasteiger partial charge in [-0.3, -0.25) is 4.68 Å². The molecule has 0 fully saturated rings. The molecule has 0 bridgehead atoms. The lowest BCUT2D eigenvalue weighted by atomic mass is 10.0. The Morgan fingerprint density at radius 1 is 1.27 bits per heavy atom. The Balaban J connectivity index is 2.44. The van der Waals surface area contributed by atoms with E-state index in [9.17, 15) is 4.79 Å². The van der Waals surface area contributed by atoms with Gasteiger partial charge in [-0.2, -0.15) is 5.10 Å². The topological polar surface area (TPSA) is 44.1 Å². The molecule has 0 unspecified atom stereocenters. The molecular weight excluding hydrogens is 344 g/mol. The third-order valence-electron chi connectivity index (χ3n) is 3.57. The van der Waals surface area contributed by atoms with E-state index in [0.29, 0.717) is 12.0 Å². The molecule has 1 aromatic heterocycles. The summed E-state index contributed by atoms with van der Waals surface area (Å²) < 4.78 is 7.95. The summed E-state index contributed by atoms with van der Waals surface area (Å²) in [7, 11) is 1.42. The molecule has 0 radical (unpaired) electrons. The molecule has 1 aromatic carbocycles. The van der Waals surface area contributed by atoms with E-state index in [1.165, 1.54) is 7.11 Å². The third kappa shape index (κ3) is 3.58. The number of hydrogen-bond donors (Lipinski definition) is 0. The van der Waals surface area contributed by atoms with E-state index in [2.05, 4.69) is 28.0 Å². The van der Waals surface area contributed by atoms with Gasteiger partial charge in [0, 0.05) is 17.4 Å². The SMILES string of the molecule is CCCn1nc(Cc2ccc(Br)cc2)c(C(=O)OC)c1CC. The highest BCUT2D eigenvalue weighted by Crippen LogP contribution is 2.21. The maximum atomic E-state index is 12.2. The first-order valence-electron chi connectivity index (χ1n) is 7.52. The monoisotopic (exact) mass is 364 g/mol. The fourth-order valence-electron chi connectivity index (χ4n) is 2.56. The van der Waals surface area contributed by atoms with Crippen molar-refractivity contribution in [2.24, 2.45) is 0 Å². The number of hydrogen-bond acceptors (Lipinski definition) is 3. The molecule has 0 aliphatic carbocycles. The molecule has 0 aliphatic heterocycles. The van der Waals surface area contributed by atoms with Crippen molar-refractivity contribution in [2.45, 2.75) is 39.7 Å². The molecule has 0 saturated carbocycles. The number of esters is 1. The second kappa shape index (κ2) is 7.58. The number of halogens is 1. The highest BCUT2D eigenvalue weighted by molar-refractivity contribution is 9.10. The fourth-order valence-corrected chi connectivity index (χ4v) is 2.83. The second-order valence-electron chi connectivity index (χ2n) is 5.14.